The Hall–Kier alpha value is -1.12. The summed E-state index contributed by atoms with van der Waals surface area (Å²) in [6, 6.07) is 0.452. The molecule has 1 aliphatic heterocycles. The second-order valence-electron chi connectivity index (χ2n) is 5.43. The smallest absolute Gasteiger partial charge is 0.312 e. The number of rotatable bonds is 6. The van der Waals surface area contributed by atoms with E-state index in [0.717, 1.165) is 12.2 Å². The fourth-order valence-electron chi connectivity index (χ4n) is 2.60. The number of nitrogens with zero attached hydrogens (tertiary/aromatic N) is 3. The topological polar surface area (TPSA) is 93.2 Å². The van der Waals surface area contributed by atoms with Crippen LogP contribution < -0.4 is 5.32 Å². The Labute approximate surface area is 128 Å². The van der Waals surface area contributed by atoms with Crippen molar-refractivity contribution in [2.75, 3.05) is 18.1 Å². The van der Waals surface area contributed by atoms with E-state index in [4.69, 9.17) is 0 Å². The molecule has 1 fully saturated rings. The number of nitrogens with one attached hydrogen (secondary N) is 1. The maximum atomic E-state index is 10.9. The quantitative estimate of drug-likeness (QED) is 0.606. The van der Waals surface area contributed by atoms with Crippen LogP contribution in [0.1, 0.15) is 24.2 Å². The van der Waals surface area contributed by atoms with Gasteiger partial charge >= 0.3 is 5.69 Å². The van der Waals surface area contributed by atoms with Crippen molar-refractivity contribution in [2.24, 2.45) is 0 Å². The zero-order chi connectivity index (χ0) is 15.4. The second kappa shape index (κ2) is 7.24. The molecule has 2 N–H and O–H groups in total. The van der Waals surface area contributed by atoms with Gasteiger partial charge in [-0.15, -0.1) is 0 Å². The van der Waals surface area contributed by atoms with Crippen molar-refractivity contribution in [3.05, 3.63) is 21.5 Å². The van der Waals surface area contributed by atoms with Crippen molar-refractivity contribution in [1.82, 2.24) is 15.1 Å². The van der Waals surface area contributed by atoms with E-state index < -0.39 is 11.0 Å². The van der Waals surface area contributed by atoms with Gasteiger partial charge in [0.15, 0.2) is 0 Å². The first kappa shape index (κ1) is 16.3. The predicted octanol–water partition coefficient (Wildman–Crippen LogP) is 1.25. The predicted molar refractivity (Wildman–Crippen MR) is 82.7 cm³/mol. The van der Waals surface area contributed by atoms with Crippen LogP contribution in [0.5, 0.6) is 0 Å². The van der Waals surface area contributed by atoms with Crippen LogP contribution in [-0.2, 0) is 6.54 Å². The number of aromatic nitrogens is 2. The molecule has 1 aromatic heterocycles. The van der Waals surface area contributed by atoms with Gasteiger partial charge in [0.1, 0.15) is 11.4 Å². The summed E-state index contributed by atoms with van der Waals surface area (Å²) >= 11 is 1.93. The summed E-state index contributed by atoms with van der Waals surface area (Å²) in [7, 11) is 0. The summed E-state index contributed by atoms with van der Waals surface area (Å²) in [6.07, 6.45) is 1.75. The van der Waals surface area contributed by atoms with Gasteiger partial charge < -0.3 is 10.4 Å². The molecule has 0 bridgehead atoms. The maximum Gasteiger partial charge on any atom is 0.312 e. The number of aliphatic hydroxyl groups excluding tert-OH is 1. The monoisotopic (exact) mass is 314 g/mol. The molecule has 21 heavy (non-hydrogen) atoms. The third-order valence-electron chi connectivity index (χ3n) is 3.71. The van der Waals surface area contributed by atoms with E-state index in [9.17, 15) is 15.2 Å². The summed E-state index contributed by atoms with van der Waals surface area (Å²) in [6.45, 7) is 4.03. The highest BCUT2D eigenvalue weighted by Crippen LogP contribution is 2.22. The average molecular weight is 314 g/mol. The molecular formula is C13H22N4O3S. The van der Waals surface area contributed by atoms with Crippen LogP contribution in [0.2, 0.25) is 0 Å². The molecule has 0 aliphatic carbocycles. The van der Waals surface area contributed by atoms with Crippen molar-refractivity contribution >= 4 is 17.4 Å². The molecule has 7 nitrogen and oxygen atoms in total. The fourth-order valence-corrected chi connectivity index (χ4v) is 3.70. The van der Waals surface area contributed by atoms with Crippen LogP contribution in [0.25, 0.3) is 0 Å². The highest BCUT2D eigenvalue weighted by atomic mass is 32.2. The number of hydrogen-bond donors (Lipinski definition) is 2. The normalized spacial score (nSPS) is 20.4. The fraction of sp³-hybridized carbons (Fsp3) is 0.769. The Morgan fingerprint density at radius 3 is 2.95 bits per heavy atom. The molecule has 0 spiro atoms. The average Bonchev–Trinajstić information content (AvgIpc) is 2.72. The number of hydrogen-bond acceptors (Lipinski definition) is 6. The summed E-state index contributed by atoms with van der Waals surface area (Å²) in [4.78, 5) is 10.5. The van der Waals surface area contributed by atoms with Gasteiger partial charge in [0.25, 0.3) is 0 Å². The van der Waals surface area contributed by atoms with Crippen LogP contribution in [0.4, 0.5) is 5.69 Å². The van der Waals surface area contributed by atoms with Crippen LogP contribution in [0, 0.1) is 24.0 Å². The van der Waals surface area contributed by atoms with Crippen molar-refractivity contribution in [1.29, 1.82) is 0 Å². The van der Waals surface area contributed by atoms with Gasteiger partial charge in [-0.2, -0.15) is 16.9 Å². The SMILES string of the molecule is Cc1nn(CC(O)CNC2CCCSC2)c(C)c1[N+](=O)[O-]. The van der Waals surface area contributed by atoms with E-state index in [2.05, 4.69) is 10.4 Å². The lowest BCUT2D eigenvalue weighted by Gasteiger charge is -2.24. The Kier molecular flexibility index (Phi) is 5.60. The molecule has 0 aromatic carbocycles. The molecule has 0 radical (unpaired) electrons. The molecule has 1 aromatic rings. The Bertz CT molecular complexity index is 500. The Balaban J connectivity index is 1.89. The van der Waals surface area contributed by atoms with Crippen molar-refractivity contribution in [2.45, 2.75) is 45.4 Å². The van der Waals surface area contributed by atoms with Gasteiger partial charge in [-0.1, -0.05) is 0 Å². The molecule has 1 saturated heterocycles. The largest absolute Gasteiger partial charge is 0.390 e. The lowest BCUT2D eigenvalue weighted by Crippen LogP contribution is -2.40. The van der Waals surface area contributed by atoms with E-state index in [1.54, 1.807) is 13.8 Å². The van der Waals surface area contributed by atoms with E-state index in [0.29, 0.717) is 24.0 Å². The van der Waals surface area contributed by atoms with Gasteiger partial charge in [0, 0.05) is 18.3 Å². The third kappa shape index (κ3) is 4.18. The summed E-state index contributed by atoms with van der Waals surface area (Å²) in [5.74, 6) is 2.30. The van der Waals surface area contributed by atoms with E-state index in [1.165, 1.54) is 16.9 Å². The lowest BCUT2D eigenvalue weighted by atomic mass is 10.2. The zero-order valence-corrected chi connectivity index (χ0v) is 13.2. The molecule has 8 heteroatoms. The minimum absolute atomic E-state index is 0.0406. The van der Waals surface area contributed by atoms with Gasteiger partial charge in [-0.3, -0.25) is 14.8 Å². The number of thioether (sulfide) groups is 1. The minimum atomic E-state index is -0.602. The van der Waals surface area contributed by atoms with Gasteiger partial charge in [-0.25, -0.2) is 0 Å². The zero-order valence-electron chi connectivity index (χ0n) is 12.4. The minimum Gasteiger partial charge on any atom is -0.390 e. The highest BCUT2D eigenvalue weighted by Gasteiger charge is 2.23. The van der Waals surface area contributed by atoms with Gasteiger partial charge in [0.2, 0.25) is 0 Å². The van der Waals surface area contributed by atoms with Crippen molar-refractivity contribution in [3.8, 4) is 0 Å². The molecular weight excluding hydrogens is 292 g/mol. The molecule has 1 aliphatic rings. The number of aliphatic hydroxyl groups is 1. The Morgan fingerprint density at radius 2 is 2.38 bits per heavy atom. The van der Waals surface area contributed by atoms with E-state index in [-0.39, 0.29) is 12.2 Å². The van der Waals surface area contributed by atoms with Gasteiger partial charge in [-0.05, 0) is 32.4 Å². The Morgan fingerprint density at radius 1 is 1.62 bits per heavy atom. The number of nitro groups is 1. The second-order valence-corrected chi connectivity index (χ2v) is 6.58. The van der Waals surface area contributed by atoms with Crippen molar-refractivity contribution < 1.29 is 10.0 Å². The van der Waals surface area contributed by atoms with Crippen LogP contribution in [-0.4, -0.2) is 50.0 Å². The molecule has 2 rings (SSSR count). The lowest BCUT2D eigenvalue weighted by molar-refractivity contribution is -0.386. The van der Waals surface area contributed by atoms with Crippen LogP contribution in [0.15, 0.2) is 0 Å². The standard InChI is InChI=1S/C13H22N4O3S/c1-9-13(17(19)20)10(2)16(15-9)7-12(18)6-14-11-4-3-5-21-8-11/h11-12,14,18H,3-8H2,1-2H3. The summed E-state index contributed by atoms with van der Waals surface area (Å²) in [5.41, 5.74) is 0.921. The maximum absolute atomic E-state index is 10.9. The first-order valence-electron chi connectivity index (χ1n) is 7.16. The molecule has 0 saturated carbocycles. The third-order valence-corrected chi connectivity index (χ3v) is 4.93. The summed E-state index contributed by atoms with van der Waals surface area (Å²) < 4.78 is 1.52. The molecule has 0 amide bonds. The molecule has 2 atom stereocenters. The molecule has 118 valence electrons. The van der Waals surface area contributed by atoms with Crippen molar-refractivity contribution in [3.63, 3.8) is 0 Å². The van der Waals surface area contributed by atoms with Crippen LogP contribution in [0.3, 0.4) is 0 Å². The molecule has 2 unspecified atom stereocenters. The highest BCUT2D eigenvalue weighted by molar-refractivity contribution is 7.99. The van der Waals surface area contributed by atoms with Crippen LogP contribution >= 0.6 is 11.8 Å². The first-order valence-corrected chi connectivity index (χ1v) is 8.32. The van der Waals surface area contributed by atoms with E-state index >= 15 is 0 Å². The van der Waals surface area contributed by atoms with Gasteiger partial charge in [0.05, 0.1) is 17.6 Å². The summed E-state index contributed by atoms with van der Waals surface area (Å²) in [5, 5.41) is 28.6. The molecule has 2 heterocycles. The van der Waals surface area contributed by atoms with E-state index in [1.807, 2.05) is 11.8 Å². The number of aryl methyl sites for hydroxylation is 1. The first-order chi connectivity index (χ1) is 9.99.